The zero-order valence-corrected chi connectivity index (χ0v) is 21.2. The summed E-state index contributed by atoms with van der Waals surface area (Å²) >= 11 is 0. The molecule has 0 aliphatic heterocycles. The Kier molecular flexibility index (Phi) is 6.79. The average molecular weight is 494 g/mol. The zero-order valence-electron chi connectivity index (χ0n) is 21.2. The number of benzene rings is 2. The SMILES string of the molecule is COC(C)OCOc1ccc(C(=O)N(C)c2ccc(C(=O)O)cc2)cc1C12CC3CC(CC(C3)C1)C2. The Morgan fingerprint density at radius 1 is 1.00 bits per heavy atom. The minimum Gasteiger partial charge on any atom is -0.478 e. The lowest BCUT2D eigenvalue weighted by Gasteiger charge is -2.57. The molecule has 4 fully saturated rings. The van der Waals surface area contributed by atoms with Crippen LogP contribution in [0.5, 0.6) is 5.75 Å². The number of carbonyl (C=O) groups is 2. The van der Waals surface area contributed by atoms with Gasteiger partial charge in [0.05, 0.1) is 5.56 Å². The van der Waals surface area contributed by atoms with Gasteiger partial charge in [0, 0.05) is 31.0 Å². The van der Waals surface area contributed by atoms with Crippen LogP contribution in [0.2, 0.25) is 0 Å². The normalized spacial score (nSPS) is 27.0. The molecule has 0 saturated heterocycles. The molecule has 192 valence electrons. The average Bonchev–Trinajstić information content (AvgIpc) is 2.87. The number of aromatic carboxylic acids is 1. The van der Waals surface area contributed by atoms with E-state index in [1.165, 1.54) is 31.4 Å². The molecule has 0 aromatic heterocycles. The number of rotatable bonds is 9. The van der Waals surface area contributed by atoms with Crippen LogP contribution in [0.3, 0.4) is 0 Å². The smallest absolute Gasteiger partial charge is 0.335 e. The fraction of sp³-hybridized carbons (Fsp3) is 0.517. The zero-order chi connectivity index (χ0) is 25.4. The Balaban J connectivity index is 1.45. The summed E-state index contributed by atoms with van der Waals surface area (Å²) in [5.41, 5.74) is 2.59. The van der Waals surface area contributed by atoms with Gasteiger partial charge in [-0.2, -0.15) is 0 Å². The van der Waals surface area contributed by atoms with Crippen molar-refractivity contribution in [3.63, 3.8) is 0 Å². The molecule has 7 heteroatoms. The summed E-state index contributed by atoms with van der Waals surface area (Å²) < 4.78 is 16.9. The summed E-state index contributed by atoms with van der Waals surface area (Å²) in [5, 5.41) is 9.17. The lowest BCUT2D eigenvalue weighted by atomic mass is 9.48. The molecule has 2 aromatic rings. The fourth-order valence-corrected chi connectivity index (χ4v) is 7.04. The maximum Gasteiger partial charge on any atom is 0.335 e. The van der Waals surface area contributed by atoms with E-state index < -0.39 is 5.97 Å². The third-order valence-corrected chi connectivity index (χ3v) is 8.49. The van der Waals surface area contributed by atoms with Gasteiger partial charge in [-0.3, -0.25) is 4.79 Å². The van der Waals surface area contributed by atoms with Crippen LogP contribution in [0.25, 0.3) is 0 Å². The summed E-state index contributed by atoms with van der Waals surface area (Å²) in [6.45, 7) is 1.90. The molecule has 4 aliphatic rings. The van der Waals surface area contributed by atoms with Crippen LogP contribution >= 0.6 is 0 Å². The summed E-state index contributed by atoms with van der Waals surface area (Å²) in [5.74, 6) is 1.91. The van der Waals surface area contributed by atoms with Crippen molar-refractivity contribution >= 4 is 17.6 Å². The monoisotopic (exact) mass is 493 g/mol. The van der Waals surface area contributed by atoms with Crippen LogP contribution in [0, 0.1) is 17.8 Å². The van der Waals surface area contributed by atoms with E-state index in [4.69, 9.17) is 14.2 Å². The van der Waals surface area contributed by atoms with E-state index >= 15 is 0 Å². The van der Waals surface area contributed by atoms with E-state index in [9.17, 15) is 14.7 Å². The maximum atomic E-state index is 13.5. The fourth-order valence-electron chi connectivity index (χ4n) is 7.04. The topological polar surface area (TPSA) is 85.3 Å². The van der Waals surface area contributed by atoms with E-state index in [-0.39, 0.29) is 30.0 Å². The number of amides is 1. The van der Waals surface area contributed by atoms with Gasteiger partial charge >= 0.3 is 5.97 Å². The lowest BCUT2D eigenvalue weighted by molar-refractivity contribution is -0.150. The highest BCUT2D eigenvalue weighted by molar-refractivity contribution is 6.06. The molecule has 2 aromatic carbocycles. The molecular formula is C29H35NO6. The molecule has 4 aliphatic carbocycles. The Labute approximate surface area is 212 Å². The molecule has 0 spiro atoms. The van der Waals surface area contributed by atoms with Crippen LogP contribution in [0.1, 0.15) is 71.7 Å². The number of carbonyl (C=O) groups excluding carboxylic acids is 1. The molecule has 0 heterocycles. The van der Waals surface area contributed by atoms with Crippen LogP contribution in [0.15, 0.2) is 42.5 Å². The van der Waals surface area contributed by atoms with Gasteiger partial charge in [-0.15, -0.1) is 0 Å². The van der Waals surface area contributed by atoms with Gasteiger partial charge in [0.15, 0.2) is 13.1 Å². The van der Waals surface area contributed by atoms with Crippen molar-refractivity contribution in [2.45, 2.75) is 57.2 Å². The minimum absolute atomic E-state index is 0.0367. The molecule has 4 bridgehead atoms. The molecule has 1 unspecified atom stereocenters. The molecule has 1 amide bonds. The minimum atomic E-state index is -0.991. The molecule has 4 saturated carbocycles. The van der Waals surface area contributed by atoms with Crippen molar-refractivity contribution in [2.24, 2.45) is 17.8 Å². The molecule has 36 heavy (non-hydrogen) atoms. The first kappa shape index (κ1) is 24.8. The van der Waals surface area contributed by atoms with Crippen LogP contribution in [0.4, 0.5) is 5.69 Å². The van der Waals surface area contributed by atoms with Gasteiger partial charge in [-0.1, -0.05) is 0 Å². The van der Waals surface area contributed by atoms with Crippen molar-refractivity contribution in [1.29, 1.82) is 0 Å². The number of anilines is 1. The third kappa shape index (κ3) is 4.74. The summed E-state index contributed by atoms with van der Waals surface area (Å²) in [7, 11) is 3.31. The first-order valence-electron chi connectivity index (χ1n) is 12.8. The van der Waals surface area contributed by atoms with E-state index in [1.54, 1.807) is 31.2 Å². The predicted molar refractivity (Wildman–Crippen MR) is 135 cm³/mol. The van der Waals surface area contributed by atoms with E-state index in [0.717, 1.165) is 48.3 Å². The molecule has 7 nitrogen and oxygen atoms in total. The maximum absolute atomic E-state index is 13.5. The van der Waals surface area contributed by atoms with E-state index in [0.29, 0.717) is 11.3 Å². The van der Waals surface area contributed by atoms with Gasteiger partial charge in [-0.05, 0) is 111 Å². The Bertz CT molecular complexity index is 1090. The highest BCUT2D eigenvalue weighted by Crippen LogP contribution is 2.62. The second-order valence-electron chi connectivity index (χ2n) is 10.9. The van der Waals surface area contributed by atoms with Crippen molar-refractivity contribution < 1.29 is 28.9 Å². The van der Waals surface area contributed by atoms with Gasteiger partial charge in [0.2, 0.25) is 0 Å². The van der Waals surface area contributed by atoms with Crippen molar-refractivity contribution in [3.05, 3.63) is 59.2 Å². The highest BCUT2D eigenvalue weighted by atomic mass is 16.7. The van der Waals surface area contributed by atoms with Crippen molar-refractivity contribution in [1.82, 2.24) is 0 Å². The number of nitrogens with zero attached hydrogens (tertiary/aromatic N) is 1. The van der Waals surface area contributed by atoms with Crippen LogP contribution in [-0.2, 0) is 14.9 Å². The Morgan fingerprint density at radius 3 is 2.14 bits per heavy atom. The predicted octanol–water partition coefficient (Wildman–Crippen LogP) is 5.47. The second-order valence-corrected chi connectivity index (χ2v) is 10.9. The summed E-state index contributed by atoms with van der Waals surface area (Å²) in [6.07, 6.45) is 7.07. The first-order chi connectivity index (χ1) is 17.3. The lowest BCUT2D eigenvalue weighted by Crippen LogP contribution is -2.48. The second kappa shape index (κ2) is 9.87. The highest BCUT2D eigenvalue weighted by Gasteiger charge is 2.52. The summed E-state index contributed by atoms with van der Waals surface area (Å²) in [4.78, 5) is 26.3. The number of ether oxygens (including phenoxy) is 3. The molecule has 1 atom stereocenters. The van der Waals surface area contributed by atoms with E-state index in [1.807, 2.05) is 25.1 Å². The molecule has 6 rings (SSSR count). The van der Waals surface area contributed by atoms with Gasteiger partial charge in [0.25, 0.3) is 5.91 Å². The van der Waals surface area contributed by atoms with Gasteiger partial charge in [0.1, 0.15) is 5.75 Å². The van der Waals surface area contributed by atoms with Crippen molar-refractivity contribution in [2.75, 3.05) is 25.9 Å². The van der Waals surface area contributed by atoms with Gasteiger partial charge < -0.3 is 24.2 Å². The Hall–Kier alpha value is -2.90. The Morgan fingerprint density at radius 2 is 1.58 bits per heavy atom. The van der Waals surface area contributed by atoms with Crippen molar-refractivity contribution in [3.8, 4) is 5.75 Å². The first-order valence-corrected chi connectivity index (χ1v) is 12.8. The van der Waals surface area contributed by atoms with Crippen LogP contribution in [-0.4, -0.2) is 44.2 Å². The number of carboxylic acid groups (broad SMARTS) is 1. The number of hydrogen-bond donors (Lipinski definition) is 1. The van der Waals surface area contributed by atoms with E-state index in [2.05, 4.69) is 0 Å². The number of methoxy groups -OCH3 is 1. The molecule has 0 radical (unpaired) electrons. The van der Waals surface area contributed by atoms with Gasteiger partial charge in [-0.25, -0.2) is 4.79 Å². The third-order valence-electron chi connectivity index (χ3n) is 8.49. The largest absolute Gasteiger partial charge is 0.478 e. The quantitative estimate of drug-likeness (QED) is 0.466. The molecule has 1 N–H and O–H groups in total. The summed E-state index contributed by atoms with van der Waals surface area (Å²) in [6, 6.07) is 12.1. The number of carboxylic acids is 1. The van der Waals surface area contributed by atoms with Crippen LogP contribution < -0.4 is 9.64 Å². The number of hydrogen-bond acceptors (Lipinski definition) is 5. The molecular weight excluding hydrogens is 458 g/mol. The standard InChI is InChI=1S/C29H35NO6/c1-18(34-3)35-17-36-26-9-6-23(27(31)30(2)24-7-4-22(5-8-24)28(32)33)13-25(26)29-14-19-10-20(15-29)12-21(11-19)16-29/h4-9,13,18-21H,10-12,14-17H2,1-3H3,(H,32,33).